The number of fused-ring (bicyclic) bond motifs is 1. The van der Waals surface area contributed by atoms with Crippen LogP contribution in [-0.2, 0) is 17.6 Å². The van der Waals surface area contributed by atoms with Gasteiger partial charge in [-0.1, -0.05) is 55.0 Å². The number of hydrogen-bond donors (Lipinski definition) is 1. The minimum Gasteiger partial charge on any atom is -0.491 e. The normalized spacial score (nSPS) is 16.2. The lowest BCUT2D eigenvalue weighted by Crippen LogP contribution is -2.48. The number of hydrogen-bond acceptors (Lipinski definition) is 5. The lowest BCUT2D eigenvalue weighted by molar-refractivity contribution is -0.136. The predicted molar refractivity (Wildman–Crippen MR) is 142 cm³/mol. The van der Waals surface area contributed by atoms with E-state index in [1.165, 1.54) is 16.0 Å². The zero-order valence-electron chi connectivity index (χ0n) is 20.7. The summed E-state index contributed by atoms with van der Waals surface area (Å²) in [5, 5.41) is 12.8. The molecule has 2 atom stereocenters. The van der Waals surface area contributed by atoms with Crippen LogP contribution in [0.1, 0.15) is 41.0 Å². The highest BCUT2D eigenvalue weighted by Crippen LogP contribution is 2.34. The smallest absolute Gasteiger partial charge is 0.237 e. The van der Waals surface area contributed by atoms with Crippen LogP contribution in [0.3, 0.4) is 0 Å². The van der Waals surface area contributed by atoms with Gasteiger partial charge < -0.3 is 14.7 Å². The highest BCUT2D eigenvalue weighted by atomic mass is 32.1. The number of carbonyl (C=O) groups excluding carboxylic acids is 1. The maximum Gasteiger partial charge on any atom is 0.237 e. The molecule has 0 spiro atoms. The Morgan fingerprint density at radius 1 is 1.17 bits per heavy atom. The van der Waals surface area contributed by atoms with Crippen molar-refractivity contribution in [2.24, 2.45) is 0 Å². The maximum absolute atomic E-state index is 13.6. The highest BCUT2D eigenvalue weighted by Gasteiger charge is 2.33. The number of thiophene rings is 1. The second kappa shape index (κ2) is 12.3. The molecule has 1 aliphatic heterocycles. The molecule has 6 heteroatoms. The molecule has 1 aliphatic rings. The summed E-state index contributed by atoms with van der Waals surface area (Å²) < 4.78 is 6.15. The van der Waals surface area contributed by atoms with Gasteiger partial charge in [-0.05, 0) is 67.4 Å². The quantitative estimate of drug-likeness (QED) is 0.415. The molecule has 1 aromatic heterocycles. The van der Waals surface area contributed by atoms with Crippen molar-refractivity contribution >= 4 is 17.2 Å². The summed E-state index contributed by atoms with van der Waals surface area (Å²) in [5.41, 5.74) is 3.50. The molecule has 2 aromatic carbocycles. The molecule has 2 heterocycles. The summed E-state index contributed by atoms with van der Waals surface area (Å²) >= 11 is 1.76. The minimum atomic E-state index is -0.512. The fraction of sp³-hybridized carbons (Fsp3) is 0.414. The molecule has 1 N–H and O–H groups in total. The first kappa shape index (κ1) is 25.4. The van der Waals surface area contributed by atoms with Crippen LogP contribution in [0, 0.1) is 6.92 Å². The average Bonchev–Trinajstić information content (AvgIpc) is 3.33. The molecule has 0 radical (unpaired) electrons. The van der Waals surface area contributed by atoms with E-state index >= 15 is 0 Å². The zero-order chi connectivity index (χ0) is 24.6. The van der Waals surface area contributed by atoms with Gasteiger partial charge in [0.2, 0.25) is 5.91 Å². The second-order valence-corrected chi connectivity index (χ2v) is 10.4. The Bertz CT molecular complexity index is 1070. The number of aliphatic hydroxyl groups is 1. The number of rotatable bonds is 11. The number of aryl methyl sites for hydroxylation is 1. The van der Waals surface area contributed by atoms with Crippen LogP contribution >= 0.6 is 11.3 Å². The van der Waals surface area contributed by atoms with E-state index < -0.39 is 6.10 Å². The van der Waals surface area contributed by atoms with Gasteiger partial charge in [-0.15, -0.1) is 11.3 Å². The highest BCUT2D eigenvalue weighted by molar-refractivity contribution is 7.10. The van der Waals surface area contributed by atoms with Crippen molar-refractivity contribution in [3.63, 3.8) is 0 Å². The third kappa shape index (κ3) is 6.94. The molecule has 35 heavy (non-hydrogen) atoms. The van der Waals surface area contributed by atoms with Crippen molar-refractivity contribution < 1.29 is 14.6 Å². The third-order valence-electron chi connectivity index (χ3n) is 6.53. The van der Waals surface area contributed by atoms with E-state index in [1.54, 1.807) is 11.3 Å². The number of ether oxygens (including phenoxy) is 1. The Balaban J connectivity index is 1.42. The van der Waals surface area contributed by atoms with Crippen molar-refractivity contribution in [3.8, 4) is 5.75 Å². The van der Waals surface area contributed by atoms with E-state index in [9.17, 15) is 9.90 Å². The van der Waals surface area contributed by atoms with Gasteiger partial charge in [0.15, 0.2) is 0 Å². The molecule has 0 saturated carbocycles. The van der Waals surface area contributed by atoms with Crippen molar-refractivity contribution in [2.75, 3.05) is 32.8 Å². The first-order chi connectivity index (χ1) is 17.0. The SMILES string of the molecule is CCCN(CC(=O)N1CCc2sccc2[C@@H]1COc1ccc(C)cc1)C[C@H](O)Cc1ccccc1. The van der Waals surface area contributed by atoms with Crippen molar-refractivity contribution in [2.45, 2.75) is 45.3 Å². The van der Waals surface area contributed by atoms with Crippen molar-refractivity contribution in [1.82, 2.24) is 9.80 Å². The standard InChI is InChI=1S/C29H36N2O3S/c1-3-15-30(19-24(32)18-23-7-5-4-6-8-23)20-29(33)31-16-13-28-26(14-17-35-28)27(31)21-34-25-11-9-22(2)10-12-25/h4-12,14,17,24,27,32H,3,13,15-16,18-21H2,1-2H3/t24-,27+/m1/s1. The Morgan fingerprint density at radius 3 is 2.69 bits per heavy atom. The Morgan fingerprint density at radius 2 is 1.94 bits per heavy atom. The zero-order valence-corrected chi connectivity index (χ0v) is 21.5. The van der Waals surface area contributed by atoms with E-state index in [2.05, 4.69) is 30.2 Å². The summed E-state index contributed by atoms with van der Waals surface area (Å²) in [4.78, 5) is 19.0. The average molecular weight is 493 g/mol. The monoisotopic (exact) mass is 492 g/mol. The fourth-order valence-corrected chi connectivity index (χ4v) is 5.69. The van der Waals surface area contributed by atoms with Gasteiger partial charge in [0.25, 0.3) is 0 Å². The fourth-order valence-electron chi connectivity index (χ4n) is 4.77. The van der Waals surface area contributed by atoms with E-state index in [-0.39, 0.29) is 11.9 Å². The minimum absolute atomic E-state index is 0.0970. The molecular weight excluding hydrogens is 456 g/mol. The number of aliphatic hydroxyl groups excluding tert-OH is 1. The Hall–Kier alpha value is -2.67. The van der Waals surface area contributed by atoms with Gasteiger partial charge >= 0.3 is 0 Å². The largest absolute Gasteiger partial charge is 0.491 e. The van der Waals surface area contributed by atoms with Crippen LogP contribution in [0.25, 0.3) is 0 Å². The van der Waals surface area contributed by atoms with Crippen LogP contribution in [0.15, 0.2) is 66.0 Å². The van der Waals surface area contributed by atoms with Crippen LogP contribution in [0.2, 0.25) is 0 Å². The Labute approximate surface area is 213 Å². The molecule has 0 aliphatic carbocycles. The number of amides is 1. The number of benzene rings is 2. The first-order valence-corrected chi connectivity index (χ1v) is 13.4. The predicted octanol–water partition coefficient (Wildman–Crippen LogP) is 4.88. The van der Waals surface area contributed by atoms with Gasteiger partial charge in [0.05, 0.1) is 18.7 Å². The molecule has 4 rings (SSSR count). The van der Waals surface area contributed by atoms with Crippen LogP contribution in [-0.4, -0.2) is 59.7 Å². The molecule has 3 aromatic rings. The van der Waals surface area contributed by atoms with Gasteiger partial charge in [-0.3, -0.25) is 9.69 Å². The summed E-state index contributed by atoms with van der Waals surface area (Å²) in [6.45, 7) is 6.86. The van der Waals surface area contributed by atoms with E-state index in [1.807, 2.05) is 59.5 Å². The first-order valence-electron chi connectivity index (χ1n) is 12.5. The molecule has 0 saturated heterocycles. The molecule has 0 fully saturated rings. The summed E-state index contributed by atoms with van der Waals surface area (Å²) in [6.07, 6.45) is 1.89. The molecular formula is C29H36N2O3S. The number of carbonyl (C=O) groups is 1. The van der Waals surface area contributed by atoms with Crippen LogP contribution in [0.5, 0.6) is 5.75 Å². The van der Waals surface area contributed by atoms with E-state index in [0.717, 1.165) is 30.7 Å². The van der Waals surface area contributed by atoms with Gasteiger partial charge in [0.1, 0.15) is 12.4 Å². The van der Waals surface area contributed by atoms with Crippen molar-refractivity contribution in [1.29, 1.82) is 0 Å². The molecule has 1 amide bonds. The lowest BCUT2D eigenvalue weighted by atomic mass is 10.00. The molecule has 5 nitrogen and oxygen atoms in total. The van der Waals surface area contributed by atoms with Gasteiger partial charge in [-0.2, -0.15) is 0 Å². The van der Waals surface area contributed by atoms with E-state index in [4.69, 9.17) is 4.74 Å². The molecule has 0 bridgehead atoms. The van der Waals surface area contributed by atoms with E-state index in [0.29, 0.717) is 32.7 Å². The summed E-state index contributed by atoms with van der Waals surface area (Å²) in [6, 6.07) is 20.1. The third-order valence-corrected chi connectivity index (χ3v) is 7.52. The van der Waals surface area contributed by atoms with Crippen LogP contribution < -0.4 is 4.74 Å². The molecule has 0 unspecified atom stereocenters. The Kier molecular flexibility index (Phi) is 8.96. The van der Waals surface area contributed by atoms with Crippen molar-refractivity contribution in [3.05, 3.63) is 87.6 Å². The summed E-state index contributed by atoms with van der Waals surface area (Å²) in [7, 11) is 0. The van der Waals surface area contributed by atoms with Crippen LogP contribution in [0.4, 0.5) is 0 Å². The molecule has 186 valence electrons. The maximum atomic E-state index is 13.6. The lowest BCUT2D eigenvalue weighted by Gasteiger charge is -2.37. The topological polar surface area (TPSA) is 53.0 Å². The van der Waals surface area contributed by atoms with Gasteiger partial charge in [-0.25, -0.2) is 0 Å². The second-order valence-electron chi connectivity index (χ2n) is 9.35. The van der Waals surface area contributed by atoms with Gasteiger partial charge in [0, 0.05) is 18.0 Å². The summed E-state index contributed by atoms with van der Waals surface area (Å²) in [5.74, 6) is 0.918. The number of nitrogens with zero attached hydrogens (tertiary/aromatic N) is 2.